The molecule has 41 heavy (non-hydrogen) atoms. The maximum atomic E-state index is 12.8. The number of rotatable bonds is 3. The third kappa shape index (κ3) is 24.7. The number of aromatic nitrogens is 6. The molecular weight excluding hydrogens is 921 g/mol. The quantitative estimate of drug-likeness (QED) is 0.0774. The van der Waals surface area contributed by atoms with Crippen molar-refractivity contribution in [1.82, 2.24) is 29.9 Å². The molecule has 0 aliphatic heterocycles. The Morgan fingerprint density at radius 1 is 0.854 bits per heavy atom. The van der Waals surface area contributed by atoms with Gasteiger partial charge in [-0.05, 0) is 38.1 Å². The van der Waals surface area contributed by atoms with Crippen LogP contribution in [0.15, 0.2) is 61.2 Å². The fraction of sp³-hybridized carbons (Fsp3) is 0.217. The van der Waals surface area contributed by atoms with Crippen LogP contribution in [0.3, 0.4) is 0 Å². The van der Waals surface area contributed by atoms with Crippen LogP contribution < -0.4 is 4.65 Å². The van der Waals surface area contributed by atoms with Gasteiger partial charge in [0, 0.05) is 42.5 Å². The highest BCUT2D eigenvalue weighted by Crippen LogP contribution is 2.16. The first-order valence-corrected chi connectivity index (χ1v) is 14.7. The van der Waals surface area contributed by atoms with Crippen LogP contribution in [0.25, 0.3) is 11.3 Å². The first-order chi connectivity index (χ1) is 18.5. The molecule has 1 radical (unpaired) electrons. The molecule has 4 aromatic rings. The summed E-state index contributed by atoms with van der Waals surface area (Å²) in [6.07, 6.45) is 5.94. The van der Waals surface area contributed by atoms with E-state index >= 15 is 0 Å². The summed E-state index contributed by atoms with van der Waals surface area (Å²) in [5.74, 6) is 0.449. The maximum absolute atomic E-state index is 12.8. The van der Waals surface area contributed by atoms with Gasteiger partial charge in [-0.1, -0.05) is 94.2 Å². The molecule has 10 nitrogen and oxygen atoms in total. The van der Waals surface area contributed by atoms with Crippen LogP contribution in [0.1, 0.15) is 26.5 Å². The van der Waals surface area contributed by atoms with Gasteiger partial charge in [0.2, 0.25) is 11.9 Å². The van der Waals surface area contributed by atoms with Gasteiger partial charge in [0.25, 0.3) is 0 Å². The van der Waals surface area contributed by atoms with Crippen LogP contribution in [-0.2, 0) is 11.6 Å². The predicted molar refractivity (Wildman–Crippen MR) is 183 cm³/mol. The molecular formula is C23H26BClF2I3N6O4S. The van der Waals surface area contributed by atoms with Crippen molar-refractivity contribution in [3.63, 3.8) is 0 Å². The fourth-order valence-corrected chi connectivity index (χ4v) is 2.30. The van der Waals surface area contributed by atoms with E-state index in [0.29, 0.717) is 35.7 Å². The zero-order chi connectivity index (χ0) is 29.6. The standard InChI is InChI=1S/C10H8FN3.C5H4BFNO2.C5H5ClN2.CHI3.2CH4.O2S/c1-7-12-5-3-9(14-7)8-2-4-13-10(11)6-8;7-5-3-4(10-6-9)1-2-8-5;1-4-7-3-2-5(6)8-4;2-1(3)4;;;1-3-2/h2-6H,1H3;1-3,9H;2-3H,1H3;1H;2*1H4;. The lowest BCUT2D eigenvalue weighted by molar-refractivity contribution is 0.449. The Morgan fingerprint density at radius 3 is 1.73 bits per heavy atom. The van der Waals surface area contributed by atoms with Crippen molar-refractivity contribution >= 4 is 98.6 Å². The third-order valence-corrected chi connectivity index (χ3v) is 3.64. The number of alkyl halides is 3. The van der Waals surface area contributed by atoms with Crippen LogP contribution in [0.2, 0.25) is 5.15 Å². The molecule has 0 aromatic carbocycles. The molecule has 4 rings (SSSR count). The van der Waals surface area contributed by atoms with Gasteiger partial charge in [-0.2, -0.15) is 17.2 Å². The summed E-state index contributed by atoms with van der Waals surface area (Å²) < 4.78 is 46.8. The van der Waals surface area contributed by atoms with Crippen molar-refractivity contribution in [1.29, 1.82) is 0 Å². The molecule has 0 fully saturated rings. The summed E-state index contributed by atoms with van der Waals surface area (Å²) in [6, 6.07) is 8.94. The first kappa shape index (κ1) is 43.9. The van der Waals surface area contributed by atoms with Gasteiger partial charge in [-0.3, -0.25) is 0 Å². The zero-order valence-electron chi connectivity index (χ0n) is 20.0. The van der Waals surface area contributed by atoms with Crippen LogP contribution in [0, 0.1) is 25.7 Å². The number of halogens is 6. The average molecular weight is 948 g/mol. The van der Waals surface area contributed by atoms with E-state index in [-0.39, 0.29) is 20.6 Å². The summed E-state index contributed by atoms with van der Waals surface area (Å²) in [6.45, 7) is 3.59. The van der Waals surface area contributed by atoms with E-state index in [9.17, 15) is 8.78 Å². The molecule has 18 heteroatoms. The third-order valence-electron chi connectivity index (χ3n) is 3.43. The van der Waals surface area contributed by atoms with Gasteiger partial charge in [0.05, 0.1) is 5.69 Å². The second-order valence-corrected chi connectivity index (χ2v) is 17.5. The van der Waals surface area contributed by atoms with E-state index in [1.165, 1.54) is 24.5 Å². The highest BCUT2D eigenvalue weighted by molar-refractivity contribution is 14.3. The number of hydrogen-bond acceptors (Lipinski definition) is 10. The molecule has 0 saturated carbocycles. The van der Waals surface area contributed by atoms with Gasteiger partial charge in [-0.15, -0.1) is 0 Å². The van der Waals surface area contributed by atoms with E-state index in [4.69, 9.17) is 25.0 Å². The van der Waals surface area contributed by atoms with Crippen molar-refractivity contribution < 1.29 is 26.9 Å². The highest BCUT2D eigenvalue weighted by Gasteiger charge is 2.01. The molecule has 0 aliphatic carbocycles. The first-order valence-electron chi connectivity index (χ1n) is 9.97. The largest absolute Gasteiger partial charge is 0.569 e. The molecule has 0 atom stereocenters. The molecule has 0 aliphatic rings. The average Bonchev–Trinajstić information content (AvgIpc) is 2.85. The van der Waals surface area contributed by atoms with Gasteiger partial charge in [-0.25, -0.2) is 29.9 Å². The Balaban J connectivity index is -0.000000477. The Hall–Kier alpha value is -1.56. The highest BCUT2D eigenvalue weighted by atomic mass is 127. The molecule has 0 unspecified atom stereocenters. The maximum Gasteiger partial charge on any atom is 0.569 e. The molecule has 0 bridgehead atoms. The topological polar surface area (TPSA) is 141 Å². The zero-order valence-corrected chi connectivity index (χ0v) is 28.0. The predicted octanol–water partition coefficient (Wildman–Crippen LogP) is 6.73. The number of nitrogens with zero attached hydrogens (tertiary/aromatic N) is 6. The second-order valence-electron chi connectivity index (χ2n) is 6.14. The van der Waals surface area contributed by atoms with Gasteiger partial charge in [0.1, 0.15) is 22.5 Å². The van der Waals surface area contributed by atoms with Crippen molar-refractivity contribution in [2.75, 3.05) is 0 Å². The van der Waals surface area contributed by atoms with Crippen molar-refractivity contribution in [2.45, 2.75) is 28.6 Å². The smallest absolute Gasteiger partial charge is 0.537 e. The Bertz CT molecular complexity index is 1240. The fourth-order valence-electron chi connectivity index (χ4n) is 2.12. The van der Waals surface area contributed by atoms with Crippen LogP contribution in [0.4, 0.5) is 8.78 Å². The minimum atomic E-state index is -0.750. The van der Waals surface area contributed by atoms with E-state index in [1.807, 2.05) is 0 Å². The number of hydrogen-bond donors (Lipinski definition) is 1. The summed E-state index contributed by atoms with van der Waals surface area (Å²) in [4.78, 5) is 22.6. The minimum absolute atomic E-state index is 0. The van der Waals surface area contributed by atoms with E-state index in [2.05, 4.69) is 102 Å². The molecule has 4 aromatic heterocycles. The molecule has 4 heterocycles. The summed E-state index contributed by atoms with van der Waals surface area (Å²) in [7, 11) is 0.481. The van der Waals surface area contributed by atoms with E-state index in [0.717, 1.165) is 6.00 Å². The number of aryl methyl sites for hydroxylation is 2. The molecule has 0 spiro atoms. The Kier molecular flexibility index (Phi) is 29.2. The summed E-state index contributed by atoms with van der Waals surface area (Å²) >= 11 is 11.7. The van der Waals surface area contributed by atoms with Crippen LogP contribution in [-0.4, -0.2) is 51.0 Å². The lowest BCUT2D eigenvalue weighted by Crippen LogP contribution is -2.00. The Morgan fingerprint density at radius 2 is 1.32 bits per heavy atom. The van der Waals surface area contributed by atoms with Gasteiger partial charge >= 0.3 is 19.3 Å². The second kappa shape index (κ2) is 27.3. The van der Waals surface area contributed by atoms with Crippen molar-refractivity contribution in [2.24, 2.45) is 0 Å². The Labute approximate surface area is 288 Å². The van der Waals surface area contributed by atoms with Gasteiger partial charge in [0.15, 0.2) is 0 Å². The van der Waals surface area contributed by atoms with Crippen LogP contribution in [0.5, 0.6) is 5.75 Å². The molecule has 1 N–H and O–H groups in total. The van der Waals surface area contributed by atoms with Crippen molar-refractivity contribution in [3.05, 3.63) is 89.9 Å². The minimum Gasteiger partial charge on any atom is -0.537 e. The van der Waals surface area contributed by atoms with Crippen molar-refractivity contribution in [3.8, 4) is 17.0 Å². The molecule has 0 amide bonds. The lowest BCUT2D eigenvalue weighted by atomic mass is 10.2. The SMILES string of the molecule is C.C.Cc1nccc(-c2ccnc(F)c2)n1.Cc1nccc(Cl)n1.IC(I)I.O=S=O.O[B]Oc1ccnc(F)c1. The molecule has 223 valence electrons. The summed E-state index contributed by atoms with van der Waals surface area (Å²) in [5.41, 5.74) is 1.42. The monoisotopic (exact) mass is 947 g/mol. The summed E-state index contributed by atoms with van der Waals surface area (Å²) in [5, 5.41) is 8.62. The van der Waals surface area contributed by atoms with Gasteiger partial charge < -0.3 is 9.68 Å². The van der Waals surface area contributed by atoms with Crippen LogP contribution >= 0.6 is 79.4 Å². The lowest BCUT2D eigenvalue weighted by Gasteiger charge is -2.00. The number of pyridine rings is 2. The van der Waals surface area contributed by atoms with E-state index in [1.54, 1.807) is 44.4 Å². The molecule has 0 saturated heterocycles. The normalized spacial score (nSPS) is 8.63. The van der Waals surface area contributed by atoms with E-state index < -0.39 is 23.5 Å².